The number of nitrogens with zero attached hydrogens (tertiary/aromatic N) is 2. The lowest BCUT2D eigenvalue weighted by Crippen LogP contribution is -2.29. The molecule has 0 aliphatic rings. The van der Waals surface area contributed by atoms with Crippen LogP contribution in [0.4, 0.5) is 19.3 Å². The molecule has 3 rings (SSSR count). The topological polar surface area (TPSA) is 79.2 Å². The van der Waals surface area contributed by atoms with Crippen LogP contribution in [0.5, 0.6) is 0 Å². The van der Waals surface area contributed by atoms with Gasteiger partial charge in [0.15, 0.2) is 0 Å². The van der Waals surface area contributed by atoms with Gasteiger partial charge < -0.3 is 15.7 Å². The van der Waals surface area contributed by atoms with Gasteiger partial charge in [0.25, 0.3) is 0 Å². The zero-order valence-corrected chi connectivity index (χ0v) is 17.0. The van der Waals surface area contributed by atoms with Crippen molar-refractivity contribution in [1.82, 2.24) is 15.1 Å². The van der Waals surface area contributed by atoms with Crippen molar-refractivity contribution in [1.29, 1.82) is 0 Å². The number of rotatable bonds is 5. The summed E-state index contributed by atoms with van der Waals surface area (Å²) in [4.78, 5) is 12.3. The van der Waals surface area contributed by atoms with Crippen LogP contribution >= 0.6 is 0 Å². The summed E-state index contributed by atoms with van der Waals surface area (Å²) >= 11 is 0. The molecular formula is C22H24F2N4O2. The number of aliphatic hydroxyl groups excluding tert-OH is 1. The van der Waals surface area contributed by atoms with Crippen molar-refractivity contribution < 1.29 is 18.7 Å². The third kappa shape index (κ3) is 5.01. The molecule has 2 aromatic carbocycles. The molecular weight excluding hydrogens is 390 g/mol. The van der Waals surface area contributed by atoms with E-state index in [1.807, 2.05) is 26.8 Å². The largest absolute Gasteiger partial charge is 0.392 e. The first-order chi connectivity index (χ1) is 14.2. The van der Waals surface area contributed by atoms with Gasteiger partial charge in [-0.1, -0.05) is 32.9 Å². The monoisotopic (exact) mass is 414 g/mol. The summed E-state index contributed by atoms with van der Waals surface area (Å²) in [5, 5.41) is 18.9. The summed E-state index contributed by atoms with van der Waals surface area (Å²) in [6, 6.07) is 11.4. The second-order valence-corrected chi connectivity index (χ2v) is 7.93. The van der Waals surface area contributed by atoms with Crippen LogP contribution in [-0.4, -0.2) is 20.9 Å². The second-order valence-electron chi connectivity index (χ2n) is 7.93. The Morgan fingerprint density at radius 3 is 2.53 bits per heavy atom. The van der Waals surface area contributed by atoms with E-state index < -0.39 is 18.5 Å². The molecule has 8 heteroatoms. The third-order valence-corrected chi connectivity index (χ3v) is 4.52. The first-order valence-electron chi connectivity index (χ1n) is 9.47. The van der Waals surface area contributed by atoms with Crippen molar-refractivity contribution in [3.8, 4) is 5.69 Å². The molecule has 0 aliphatic heterocycles. The average molecular weight is 414 g/mol. The molecule has 6 nitrogen and oxygen atoms in total. The van der Waals surface area contributed by atoms with Crippen molar-refractivity contribution in [3.05, 3.63) is 77.1 Å². The normalized spacial score (nSPS) is 11.4. The van der Waals surface area contributed by atoms with E-state index in [1.54, 1.807) is 16.8 Å². The van der Waals surface area contributed by atoms with Crippen molar-refractivity contribution in [2.75, 3.05) is 5.32 Å². The molecule has 158 valence electrons. The maximum absolute atomic E-state index is 13.8. The predicted molar refractivity (Wildman–Crippen MR) is 110 cm³/mol. The lowest BCUT2D eigenvalue weighted by Gasteiger charge is -2.14. The van der Waals surface area contributed by atoms with Crippen LogP contribution in [-0.2, 0) is 18.6 Å². The van der Waals surface area contributed by atoms with Crippen LogP contribution in [0.15, 0.2) is 48.5 Å². The van der Waals surface area contributed by atoms with E-state index >= 15 is 0 Å². The highest BCUT2D eigenvalue weighted by Gasteiger charge is 2.21. The molecule has 0 saturated carbocycles. The predicted octanol–water partition coefficient (Wildman–Crippen LogP) is 4.26. The van der Waals surface area contributed by atoms with Crippen LogP contribution in [0.1, 0.15) is 37.7 Å². The van der Waals surface area contributed by atoms with Gasteiger partial charge in [0.2, 0.25) is 0 Å². The molecule has 3 N–H and O–H groups in total. The van der Waals surface area contributed by atoms with Crippen molar-refractivity contribution in [2.24, 2.45) is 0 Å². The number of aromatic nitrogens is 2. The summed E-state index contributed by atoms with van der Waals surface area (Å²) < 4.78 is 29.1. The minimum absolute atomic E-state index is 0.128. The van der Waals surface area contributed by atoms with Crippen molar-refractivity contribution in [2.45, 2.75) is 39.3 Å². The second kappa shape index (κ2) is 8.62. The van der Waals surface area contributed by atoms with Gasteiger partial charge in [-0.15, -0.1) is 0 Å². The molecule has 1 aromatic heterocycles. The first-order valence-corrected chi connectivity index (χ1v) is 9.47. The Morgan fingerprint density at radius 1 is 1.13 bits per heavy atom. The zero-order chi connectivity index (χ0) is 21.9. The van der Waals surface area contributed by atoms with Crippen molar-refractivity contribution >= 4 is 11.7 Å². The molecule has 2 amide bonds. The summed E-state index contributed by atoms with van der Waals surface area (Å²) in [5.74, 6) is -0.986. The van der Waals surface area contributed by atoms with Gasteiger partial charge >= 0.3 is 6.03 Å². The van der Waals surface area contributed by atoms with Gasteiger partial charge in [-0.05, 0) is 36.4 Å². The SMILES string of the molecule is CC(C)(C)c1cc(CNC(=O)Nc2ccc(CO)c(F)c2)n(-c2cccc(F)c2)n1. The van der Waals surface area contributed by atoms with E-state index in [0.29, 0.717) is 11.4 Å². The standard InChI is InChI=1S/C22H24F2N4O2/c1-22(2,3)20-11-18(28(27-20)17-6-4-5-15(23)9-17)12-25-21(30)26-16-8-7-14(13-29)19(24)10-16/h4-11,29H,12-13H2,1-3H3,(H2,25,26,30). The van der Waals surface area contributed by atoms with Gasteiger partial charge in [-0.3, -0.25) is 0 Å². The van der Waals surface area contributed by atoms with Crippen LogP contribution < -0.4 is 10.6 Å². The number of halogens is 2. The van der Waals surface area contributed by atoms with Gasteiger partial charge in [0.1, 0.15) is 11.6 Å². The quantitative estimate of drug-likeness (QED) is 0.584. The maximum Gasteiger partial charge on any atom is 0.319 e. The van der Waals surface area contributed by atoms with Gasteiger partial charge in [-0.25, -0.2) is 18.3 Å². The molecule has 0 unspecified atom stereocenters. The minimum atomic E-state index is -0.603. The Bertz CT molecular complexity index is 1060. The molecule has 0 aliphatic carbocycles. The average Bonchev–Trinajstić information content (AvgIpc) is 3.11. The summed E-state index contributed by atoms with van der Waals surface area (Å²) in [6.45, 7) is 5.75. The Morgan fingerprint density at radius 2 is 1.90 bits per heavy atom. The van der Waals surface area contributed by atoms with E-state index in [-0.39, 0.29) is 29.0 Å². The summed E-state index contributed by atoms with van der Waals surface area (Å²) in [6.07, 6.45) is 0. The van der Waals surface area contributed by atoms with Crippen LogP contribution in [0.3, 0.4) is 0 Å². The van der Waals surface area contributed by atoms with E-state index in [4.69, 9.17) is 5.11 Å². The van der Waals surface area contributed by atoms with Crippen LogP contribution in [0.25, 0.3) is 5.69 Å². The number of carbonyl (C=O) groups excluding carboxylic acids is 1. The highest BCUT2D eigenvalue weighted by atomic mass is 19.1. The molecule has 1 heterocycles. The number of hydrogen-bond acceptors (Lipinski definition) is 3. The molecule has 0 saturated heterocycles. The van der Waals surface area contributed by atoms with Crippen LogP contribution in [0.2, 0.25) is 0 Å². The Labute approximate surface area is 173 Å². The van der Waals surface area contributed by atoms with Crippen LogP contribution in [0, 0.1) is 11.6 Å². The van der Waals surface area contributed by atoms with E-state index in [0.717, 1.165) is 11.8 Å². The number of carbonyl (C=O) groups is 1. The number of amides is 2. The molecule has 3 aromatic rings. The first kappa shape index (κ1) is 21.4. The van der Waals surface area contributed by atoms with E-state index in [2.05, 4.69) is 15.7 Å². The fraction of sp³-hybridized carbons (Fsp3) is 0.273. The Balaban J connectivity index is 1.77. The van der Waals surface area contributed by atoms with Gasteiger partial charge in [-0.2, -0.15) is 5.10 Å². The van der Waals surface area contributed by atoms with E-state index in [1.165, 1.54) is 24.3 Å². The number of aliphatic hydroxyl groups is 1. The molecule has 0 atom stereocenters. The number of benzene rings is 2. The number of urea groups is 1. The van der Waals surface area contributed by atoms with Gasteiger partial charge in [0.05, 0.1) is 30.2 Å². The highest BCUT2D eigenvalue weighted by molar-refractivity contribution is 5.89. The number of nitrogens with one attached hydrogen (secondary N) is 2. The summed E-state index contributed by atoms with van der Waals surface area (Å²) in [7, 11) is 0. The number of hydrogen-bond donors (Lipinski definition) is 3. The fourth-order valence-electron chi connectivity index (χ4n) is 2.84. The maximum atomic E-state index is 13.8. The smallest absolute Gasteiger partial charge is 0.319 e. The zero-order valence-electron chi connectivity index (χ0n) is 17.0. The molecule has 0 spiro atoms. The van der Waals surface area contributed by atoms with Crippen molar-refractivity contribution in [3.63, 3.8) is 0 Å². The summed E-state index contributed by atoms with van der Waals surface area (Å²) in [5.41, 5.74) is 2.19. The van der Waals surface area contributed by atoms with Gasteiger partial charge in [0, 0.05) is 16.7 Å². The number of anilines is 1. The Hall–Kier alpha value is -3.26. The fourth-order valence-corrected chi connectivity index (χ4v) is 2.84. The molecule has 0 radical (unpaired) electrons. The lowest BCUT2D eigenvalue weighted by molar-refractivity contribution is 0.251. The minimum Gasteiger partial charge on any atom is -0.392 e. The molecule has 0 fully saturated rings. The third-order valence-electron chi connectivity index (χ3n) is 4.52. The molecule has 30 heavy (non-hydrogen) atoms. The van der Waals surface area contributed by atoms with E-state index in [9.17, 15) is 13.6 Å². The molecule has 0 bridgehead atoms. The Kier molecular flexibility index (Phi) is 6.17. The lowest BCUT2D eigenvalue weighted by atomic mass is 9.92. The highest BCUT2D eigenvalue weighted by Crippen LogP contribution is 2.24.